The molecule has 0 aliphatic rings. The van der Waals surface area contributed by atoms with E-state index in [1.807, 2.05) is 28.8 Å². The molecule has 1 amide bonds. The fraction of sp³-hybridized carbons (Fsp3) is 0.100. The first-order valence-electron chi connectivity index (χ1n) is 8.74. The van der Waals surface area contributed by atoms with Crippen molar-refractivity contribution < 1.29 is 18.0 Å². The third-order valence-electron chi connectivity index (χ3n) is 4.15. The number of nitrogens with one attached hydrogen (secondary N) is 1. The first-order valence-corrected chi connectivity index (χ1v) is 9.73. The summed E-state index contributed by atoms with van der Waals surface area (Å²) in [6.45, 7) is 0. The Kier molecular flexibility index (Phi) is 5.40. The molecule has 0 aliphatic heterocycles. The van der Waals surface area contributed by atoms with Crippen LogP contribution in [0.4, 0.5) is 18.9 Å². The molecule has 0 fully saturated rings. The van der Waals surface area contributed by atoms with Gasteiger partial charge in [-0.2, -0.15) is 13.2 Å². The fourth-order valence-electron chi connectivity index (χ4n) is 2.71. The summed E-state index contributed by atoms with van der Waals surface area (Å²) in [5.74, 6) is 0.348. The van der Waals surface area contributed by atoms with E-state index < -0.39 is 11.7 Å². The summed E-state index contributed by atoms with van der Waals surface area (Å²) in [6.07, 6.45) is -0.472. The number of rotatable bonds is 5. The van der Waals surface area contributed by atoms with Crippen molar-refractivity contribution in [3.63, 3.8) is 0 Å². The summed E-state index contributed by atoms with van der Waals surface area (Å²) in [6, 6.07) is 13.3. The summed E-state index contributed by atoms with van der Waals surface area (Å²) < 4.78 is 39.5. The van der Waals surface area contributed by atoms with Gasteiger partial charge in [-0.1, -0.05) is 23.9 Å². The van der Waals surface area contributed by atoms with Gasteiger partial charge in [-0.25, -0.2) is 15.0 Å². The molecule has 1 aromatic carbocycles. The lowest BCUT2D eigenvalue weighted by Crippen LogP contribution is -2.14. The molecular weight excluding hydrogens is 415 g/mol. The largest absolute Gasteiger partial charge is 0.417 e. The third kappa shape index (κ3) is 4.43. The Labute approximate surface area is 173 Å². The van der Waals surface area contributed by atoms with Crippen LogP contribution in [0.1, 0.15) is 5.56 Å². The van der Waals surface area contributed by atoms with Crippen molar-refractivity contribution in [2.45, 2.75) is 11.2 Å². The number of benzene rings is 1. The second kappa shape index (κ2) is 8.15. The van der Waals surface area contributed by atoms with Crippen molar-refractivity contribution in [3.8, 4) is 5.82 Å². The van der Waals surface area contributed by atoms with Crippen molar-refractivity contribution in [3.05, 3.63) is 72.8 Å². The normalized spacial score (nSPS) is 11.6. The molecule has 6 nitrogen and oxygen atoms in total. The molecule has 3 heterocycles. The number of hydrogen-bond donors (Lipinski definition) is 1. The number of amides is 1. The summed E-state index contributed by atoms with van der Waals surface area (Å²) in [5, 5.41) is 3.03. The van der Waals surface area contributed by atoms with E-state index in [1.54, 1.807) is 18.5 Å². The average molecular weight is 429 g/mol. The van der Waals surface area contributed by atoms with Gasteiger partial charge in [0.15, 0.2) is 0 Å². The maximum Gasteiger partial charge on any atom is 0.417 e. The molecule has 0 spiro atoms. The van der Waals surface area contributed by atoms with Crippen molar-refractivity contribution >= 4 is 34.4 Å². The highest BCUT2D eigenvalue weighted by Crippen LogP contribution is 2.29. The molecule has 152 valence electrons. The zero-order valence-corrected chi connectivity index (χ0v) is 16.1. The zero-order chi connectivity index (χ0) is 21.1. The van der Waals surface area contributed by atoms with Crippen molar-refractivity contribution in [1.29, 1.82) is 0 Å². The van der Waals surface area contributed by atoms with Gasteiger partial charge in [0.1, 0.15) is 12.1 Å². The van der Waals surface area contributed by atoms with Gasteiger partial charge >= 0.3 is 6.18 Å². The van der Waals surface area contributed by atoms with Crippen LogP contribution >= 0.6 is 11.8 Å². The zero-order valence-electron chi connectivity index (χ0n) is 15.3. The van der Waals surface area contributed by atoms with Crippen LogP contribution in [-0.4, -0.2) is 31.2 Å². The molecule has 0 radical (unpaired) electrons. The molecule has 3 aromatic heterocycles. The quantitative estimate of drug-likeness (QED) is 0.471. The number of carbonyl (C=O) groups excluding carboxylic acids is 1. The minimum Gasteiger partial charge on any atom is -0.324 e. The Morgan fingerprint density at radius 1 is 1.00 bits per heavy atom. The number of imidazole rings is 1. The molecule has 4 aromatic rings. The maximum absolute atomic E-state index is 12.5. The van der Waals surface area contributed by atoms with Crippen LogP contribution in [0.15, 0.2) is 72.3 Å². The number of pyridine rings is 2. The molecule has 0 saturated heterocycles. The van der Waals surface area contributed by atoms with Gasteiger partial charge in [0, 0.05) is 6.20 Å². The van der Waals surface area contributed by atoms with E-state index in [1.165, 1.54) is 12.3 Å². The molecule has 30 heavy (non-hydrogen) atoms. The van der Waals surface area contributed by atoms with Gasteiger partial charge in [0.05, 0.1) is 39.3 Å². The van der Waals surface area contributed by atoms with Gasteiger partial charge in [0.2, 0.25) is 5.91 Å². The fourth-order valence-corrected chi connectivity index (χ4v) is 3.36. The number of nitrogens with zero attached hydrogens (tertiary/aromatic N) is 4. The van der Waals surface area contributed by atoms with Crippen molar-refractivity contribution in [2.75, 3.05) is 11.1 Å². The van der Waals surface area contributed by atoms with E-state index in [-0.39, 0.29) is 11.7 Å². The van der Waals surface area contributed by atoms with E-state index in [2.05, 4.69) is 20.3 Å². The molecule has 4 rings (SSSR count). The molecular formula is C20H14F3N5OS. The van der Waals surface area contributed by atoms with Gasteiger partial charge in [0.25, 0.3) is 0 Å². The topological polar surface area (TPSA) is 72.7 Å². The Morgan fingerprint density at radius 3 is 2.53 bits per heavy atom. The van der Waals surface area contributed by atoms with Gasteiger partial charge in [-0.15, -0.1) is 0 Å². The molecule has 10 heteroatoms. The Balaban J connectivity index is 1.36. The first-order chi connectivity index (χ1) is 14.4. The Bertz CT molecular complexity index is 1170. The lowest BCUT2D eigenvalue weighted by molar-refractivity contribution is -0.137. The number of aromatic nitrogens is 4. The molecule has 0 unspecified atom stereocenters. The van der Waals surface area contributed by atoms with E-state index >= 15 is 0 Å². The predicted molar refractivity (Wildman–Crippen MR) is 107 cm³/mol. The van der Waals surface area contributed by atoms with E-state index in [9.17, 15) is 18.0 Å². The summed E-state index contributed by atoms with van der Waals surface area (Å²) in [7, 11) is 0. The highest BCUT2D eigenvalue weighted by molar-refractivity contribution is 7.99. The maximum atomic E-state index is 12.5. The van der Waals surface area contributed by atoms with E-state index in [4.69, 9.17) is 0 Å². The second-order valence-electron chi connectivity index (χ2n) is 6.23. The smallest absolute Gasteiger partial charge is 0.324 e. The highest BCUT2D eigenvalue weighted by atomic mass is 32.2. The monoisotopic (exact) mass is 429 g/mol. The van der Waals surface area contributed by atoms with E-state index in [0.717, 1.165) is 35.1 Å². The minimum atomic E-state index is -4.43. The number of hydrogen-bond acceptors (Lipinski definition) is 5. The summed E-state index contributed by atoms with van der Waals surface area (Å²) in [5.41, 5.74) is 1.45. The lowest BCUT2D eigenvalue weighted by atomic mass is 10.3. The van der Waals surface area contributed by atoms with Gasteiger partial charge in [-0.05, 0) is 36.4 Å². The van der Waals surface area contributed by atoms with Gasteiger partial charge in [-0.3, -0.25) is 9.36 Å². The average Bonchev–Trinajstić information content (AvgIpc) is 3.17. The van der Waals surface area contributed by atoms with E-state index in [0.29, 0.717) is 16.5 Å². The number of thioether (sulfide) groups is 1. The molecule has 0 bridgehead atoms. The van der Waals surface area contributed by atoms with Crippen LogP contribution in [0.25, 0.3) is 16.9 Å². The standard InChI is InChI=1S/C20H14F3N5OS/c21-20(22,23)13-5-8-19(25-9-13)30-11-18(29)27-14-6-7-17(24-10-14)28-12-26-15-3-1-2-4-16(15)28/h1-10,12H,11H2,(H,27,29). The number of carbonyl (C=O) groups is 1. The number of anilines is 1. The SMILES string of the molecule is O=C(CSc1ccc(C(F)(F)F)cn1)Nc1ccc(-n2cnc3ccccc32)nc1. The molecule has 0 atom stereocenters. The number of fused-ring (bicyclic) bond motifs is 1. The van der Waals surface area contributed by atoms with Crippen LogP contribution in [0.5, 0.6) is 0 Å². The molecule has 0 saturated carbocycles. The minimum absolute atomic E-state index is 0.00622. The lowest BCUT2D eigenvalue weighted by Gasteiger charge is -2.08. The number of halogens is 3. The van der Waals surface area contributed by atoms with Crippen LogP contribution in [0.2, 0.25) is 0 Å². The van der Waals surface area contributed by atoms with Gasteiger partial charge < -0.3 is 5.32 Å². The van der Waals surface area contributed by atoms with Crippen molar-refractivity contribution in [2.24, 2.45) is 0 Å². The summed E-state index contributed by atoms with van der Waals surface area (Å²) in [4.78, 5) is 24.5. The summed E-state index contributed by atoms with van der Waals surface area (Å²) >= 11 is 1.05. The van der Waals surface area contributed by atoms with Crippen LogP contribution in [0, 0.1) is 0 Å². The molecule has 1 N–H and O–H groups in total. The molecule has 0 aliphatic carbocycles. The Morgan fingerprint density at radius 2 is 1.83 bits per heavy atom. The number of para-hydroxylation sites is 2. The predicted octanol–water partition coefficient (Wildman–Crippen LogP) is 4.57. The number of alkyl halides is 3. The highest BCUT2D eigenvalue weighted by Gasteiger charge is 2.30. The first kappa shape index (κ1) is 19.9. The second-order valence-corrected chi connectivity index (χ2v) is 7.22. The third-order valence-corrected chi connectivity index (χ3v) is 5.09. The van der Waals surface area contributed by atoms with Crippen molar-refractivity contribution in [1.82, 2.24) is 19.5 Å². The van der Waals surface area contributed by atoms with Crippen LogP contribution in [0.3, 0.4) is 0 Å². The Hall–Kier alpha value is -3.40. The van der Waals surface area contributed by atoms with Crippen LogP contribution < -0.4 is 5.32 Å². The van der Waals surface area contributed by atoms with Crippen LogP contribution in [-0.2, 0) is 11.0 Å².